The van der Waals surface area contributed by atoms with Gasteiger partial charge < -0.3 is 10.4 Å². The Kier molecular flexibility index (Phi) is 4.08. The van der Waals surface area contributed by atoms with Crippen LogP contribution >= 0.6 is 11.3 Å². The standard InChI is InChI=1S/C13H15N3O4S/c1-6(2)9(12(19)20)15-10(17)8-4-14-13-16(11(8)18)7(3)5-21-13/h4-6,9H,1-3H3,(H,15,17)(H,19,20). The number of nitrogens with zero attached hydrogens (tertiary/aromatic N) is 2. The number of aromatic nitrogens is 2. The molecular formula is C13H15N3O4S. The lowest BCUT2D eigenvalue weighted by Crippen LogP contribution is -2.45. The molecular weight excluding hydrogens is 294 g/mol. The maximum atomic E-state index is 12.3. The number of hydrogen-bond acceptors (Lipinski definition) is 5. The summed E-state index contributed by atoms with van der Waals surface area (Å²) < 4.78 is 1.34. The molecule has 2 aromatic heterocycles. The molecule has 0 aliphatic carbocycles. The van der Waals surface area contributed by atoms with E-state index in [1.54, 1.807) is 26.2 Å². The smallest absolute Gasteiger partial charge is 0.326 e. The van der Waals surface area contributed by atoms with Gasteiger partial charge in [-0.25, -0.2) is 9.78 Å². The van der Waals surface area contributed by atoms with Crippen molar-refractivity contribution in [2.45, 2.75) is 26.8 Å². The zero-order valence-corrected chi connectivity index (χ0v) is 12.6. The van der Waals surface area contributed by atoms with Gasteiger partial charge in [0, 0.05) is 17.3 Å². The van der Waals surface area contributed by atoms with Crippen molar-refractivity contribution in [3.8, 4) is 0 Å². The first-order valence-corrected chi connectivity index (χ1v) is 7.20. The number of carbonyl (C=O) groups excluding carboxylic acids is 1. The molecule has 0 aliphatic rings. The zero-order valence-electron chi connectivity index (χ0n) is 11.8. The fourth-order valence-electron chi connectivity index (χ4n) is 1.91. The van der Waals surface area contributed by atoms with Gasteiger partial charge in [0.15, 0.2) is 4.96 Å². The molecule has 0 fully saturated rings. The molecule has 0 saturated carbocycles. The summed E-state index contributed by atoms with van der Waals surface area (Å²) in [6, 6.07) is -1.05. The molecule has 2 N–H and O–H groups in total. The van der Waals surface area contributed by atoms with Gasteiger partial charge in [-0.05, 0) is 12.8 Å². The van der Waals surface area contributed by atoms with Crippen molar-refractivity contribution in [2.24, 2.45) is 5.92 Å². The largest absolute Gasteiger partial charge is 0.480 e. The van der Waals surface area contributed by atoms with Crippen LogP contribution in [0, 0.1) is 12.8 Å². The van der Waals surface area contributed by atoms with Crippen LogP contribution in [0.15, 0.2) is 16.4 Å². The highest BCUT2D eigenvalue weighted by Crippen LogP contribution is 2.11. The second-order valence-electron chi connectivity index (χ2n) is 5.01. The fourth-order valence-corrected chi connectivity index (χ4v) is 2.74. The normalized spacial score (nSPS) is 12.6. The minimum atomic E-state index is -1.14. The van der Waals surface area contributed by atoms with Crippen molar-refractivity contribution in [2.75, 3.05) is 0 Å². The minimum absolute atomic E-state index is 0.166. The molecule has 0 aliphatic heterocycles. The average molecular weight is 309 g/mol. The molecule has 2 rings (SSSR count). The number of aryl methyl sites for hydroxylation is 1. The molecule has 21 heavy (non-hydrogen) atoms. The van der Waals surface area contributed by atoms with Crippen LogP contribution in [-0.4, -0.2) is 32.4 Å². The molecule has 0 spiro atoms. The number of carboxylic acid groups (broad SMARTS) is 1. The number of hydrogen-bond donors (Lipinski definition) is 2. The first-order valence-electron chi connectivity index (χ1n) is 6.32. The summed E-state index contributed by atoms with van der Waals surface area (Å²) in [6.07, 6.45) is 1.18. The Morgan fingerprint density at radius 3 is 2.67 bits per heavy atom. The molecule has 1 atom stereocenters. The summed E-state index contributed by atoms with van der Waals surface area (Å²) in [5.41, 5.74) is 0.0193. The van der Waals surface area contributed by atoms with Crippen molar-refractivity contribution in [3.63, 3.8) is 0 Å². The van der Waals surface area contributed by atoms with Crippen LogP contribution in [0.4, 0.5) is 0 Å². The lowest BCUT2D eigenvalue weighted by atomic mass is 10.0. The van der Waals surface area contributed by atoms with Crippen LogP contribution in [0.25, 0.3) is 4.96 Å². The van der Waals surface area contributed by atoms with E-state index in [4.69, 9.17) is 5.11 Å². The van der Waals surface area contributed by atoms with Crippen molar-refractivity contribution in [3.05, 3.63) is 33.2 Å². The van der Waals surface area contributed by atoms with E-state index >= 15 is 0 Å². The fraction of sp³-hybridized carbons (Fsp3) is 0.385. The van der Waals surface area contributed by atoms with Crippen LogP contribution in [-0.2, 0) is 4.79 Å². The SMILES string of the molecule is Cc1csc2ncc(C(=O)NC(C(=O)O)C(C)C)c(=O)n12. The first kappa shape index (κ1) is 15.2. The van der Waals surface area contributed by atoms with Crippen LogP contribution in [0.3, 0.4) is 0 Å². The predicted octanol–water partition coefficient (Wildman–Crippen LogP) is 0.903. The van der Waals surface area contributed by atoms with E-state index in [1.165, 1.54) is 21.9 Å². The van der Waals surface area contributed by atoms with Gasteiger partial charge in [-0.15, -0.1) is 11.3 Å². The highest BCUT2D eigenvalue weighted by Gasteiger charge is 2.25. The van der Waals surface area contributed by atoms with Gasteiger partial charge in [0.2, 0.25) is 0 Å². The molecule has 0 saturated heterocycles. The van der Waals surface area contributed by atoms with Crippen molar-refractivity contribution >= 4 is 28.2 Å². The van der Waals surface area contributed by atoms with E-state index < -0.39 is 23.5 Å². The number of aliphatic carboxylic acids is 1. The summed E-state index contributed by atoms with van der Waals surface area (Å²) in [5, 5.41) is 13.2. The molecule has 1 amide bonds. The van der Waals surface area contributed by atoms with Gasteiger partial charge in [0.1, 0.15) is 11.6 Å². The van der Waals surface area contributed by atoms with E-state index in [2.05, 4.69) is 10.3 Å². The third-order valence-electron chi connectivity index (χ3n) is 3.08. The number of amides is 1. The van der Waals surface area contributed by atoms with Gasteiger partial charge in [-0.2, -0.15) is 0 Å². The second kappa shape index (κ2) is 5.65. The maximum absolute atomic E-state index is 12.3. The Hall–Kier alpha value is -2.22. The minimum Gasteiger partial charge on any atom is -0.480 e. The third-order valence-corrected chi connectivity index (χ3v) is 4.04. The van der Waals surface area contributed by atoms with Gasteiger partial charge in [-0.3, -0.25) is 14.0 Å². The lowest BCUT2D eigenvalue weighted by molar-refractivity contribution is -0.140. The molecule has 1 unspecified atom stereocenters. The van der Waals surface area contributed by atoms with Crippen LogP contribution < -0.4 is 10.9 Å². The number of carbonyl (C=O) groups is 2. The van der Waals surface area contributed by atoms with E-state index in [-0.39, 0.29) is 11.5 Å². The Morgan fingerprint density at radius 2 is 2.10 bits per heavy atom. The lowest BCUT2D eigenvalue weighted by Gasteiger charge is -2.17. The highest BCUT2D eigenvalue weighted by molar-refractivity contribution is 7.15. The summed E-state index contributed by atoms with van der Waals surface area (Å²) >= 11 is 1.30. The summed E-state index contributed by atoms with van der Waals surface area (Å²) in [6.45, 7) is 5.09. The molecule has 112 valence electrons. The van der Waals surface area contributed by atoms with Gasteiger partial charge in [0.25, 0.3) is 11.5 Å². The number of rotatable bonds is 4. The van der Waals surface area contributed by atoms with E-state index in [1.807, 2.05) is 0 Å². The average Bonchev–Trinajstić information content (AvgIpc) is 2.77. The Labute approximate surface area is 124 Å². The summed E-state index contributed by atoms with van der Waals surface area (Å²) in [4.78, 5) is 40.1. The van der Waals surface area contributed by atoms with Gasteiger partial charge in [-0.1, -0.05) is 13.8 Å². The Balaban J connectivity index is 2.40. The monoisotopic (exact) mass is 309 g/mol. The number of carboxylic acids is 1. The topological polar surface area (TPSA) is 101 Å². The zero-order chi connectivity index (χ0) is 15.7. The van der Waals surface area contributed by atoms with Crippen LogP contribution in [0.1, 0.15) is 29.9 Å². The van der Waals surface area contributed by atoms with Crippen LogP contribution in [0.2, 0.25) is 0 Å². The summed E-state index contributed by atoms with van der Waals surface area (Å²) in [7, 11) is 0. The van der Waals surface area contributed by atoms with Crippen molar-refractivity contribution < 1.29 is 14.7 Å². The summed E-state index contributed by atoms with van der Waals surface area (Å²) in [5.74, 6) is -2.17. The highest BCUT2D eigenvalue weighted by atomic mass is 32.1. The molecule has 0 radical (unpaired) electrons. The molecule has 7 nitrogen and oxygen atoms in total. The Bertz CT molecular complexity index is 762. The number of thiazole rings is 1. The van der Waals surface area contributed by atoms with E-state index in [0.29, 0.717) is 10.7 Å². The second-order valence-corrected chi connectivity index (χ2v) is 5.84. The first-order chi connectivity index (χ1) is 9.82. The predicted molar refractivity (Wildman–Crippen MR) is 77.8 cm³/mol. The van der Waals surface area contributed by atoms with Gasteiger partial charge in [0.05, 0.1) is 0 Å². The molecule has 8 heteroatoms. The molecule has 0 bridgehead atoms. The molecule has 2 heterocycles. The van der Waals surface area contributed by atoms with Crippen molar-refractivity contribution in [1.29, 1.82) is 0 Å². The molecule has 0 aromatic carbocycles. The number of nitrogens with one attached hydrogen (secondary N) is 1. The van der Waals surface area contributed by atoms with E-state index in [9.17, 15) is 14.4 Å². The van der Waals surface area contributed by atoms with E-state index in [0.717, 1.165) is 0 Å². The third kappa shape index (κ3) is 2.80. The maximum Gasteiger partial charge on any atom is 0.326 e. The van der Waals surface area contributed by atoms with Crippen LogP contribution in [0.5, 0.6) is 0 Å². The van der Waals surface area contributed by atoms with Crippen molar-refractivity contribution in [1.82, 2.24) is 14.7 Å². The number of fused-ring (bicyclic) bond motifs is 1. The quantitative estimate of drug-likeness (QED) is 0.874. The molecule has 2 aromatic rings. The Morgan fingerprint density at radius 1 is 1.43 bits per heavy atom. The van der Waals surface area contributed by atoms with Gasteiger partial charge >= 0.3 is 5.97 Å².